The van der Waals surface area contributed by atoms with Crippen molar-refractivity contribution >= 4 is 12.0 Å². The highest BCUT2D eigenvalue weighted by Gasteiger charge is 2.37. The average Bonchev–Trinajstić information content (AvgIpc) is 3.36. The highest BCUT2D eigenvalue weighted by molar-refractivity contribution is 5.87. The van der Waals surface area contributed by atoms with E-state index in [1.165, 1.54) is 19.3 Å². The SMILES string of the molecule is O=C(Nc1ncn(C2CCCCC2)n1)N1CCC[C@@H]1[C@H]1CCCO1. The number of rotatable bonds is 3. The Morgan fingerprint density at radius 2 is 2.00 bits per heavy atom. The van der Waals surface area contributed by atoms with Crippen LogP contribution in [0.3, 0.4) is 0 Å². The Balaban J connectivity index is 1.37. The predicted molar refractivity (Wildman–Crippen MR) is 89.9 cm³/mol. The van der Waals surface area contributed by atoms with Gasteiger partial charge in [-0.3, -0.25) is 5.32 Å². The Hall–Kier alpha value is -1.63. The lowest BCUT2D eigenvalue weighted by Gasteiger charge is -2.28. The smallest absolute Gasteiger partial charge is 0.324 e. The predicted octanol–water partition coefficient (Wildman–Crippen LogP) is 2.96. The first-order chi connectivity index (χ1) is 11.8. The van der Waals surface area contributed by atoms with Gasteiger partial charge in [-0.15, -0.1) is 5.10 Å². The zero-order valence-electron chi connectivity index (χ0n) is 14.2. The van der Waals surface area contributed by atoms with Crippen molar-refractivity contribution in [1.82, 2.24) is 19.7 Å². The van der Waals surface area contributed by atoms with E-state index in [9.17, 15) is 4.79 Å². The molecule has 0 unspecified atom stereocenters. The van der Waals surface area contributed by atoms with Gasteiger partial charge in [-0.1, -0.05) is 19.3 Å². The molecule has 3 heterocycles. The number of urea groups is 1. The summed E-state index contributed by atoms with van der Waals surface area (Å²) in [7, 11) is 0. The van der Waals surface area contributed by atoms with Gasteiger partial charge in [0.1, 0.15) is 6.33 Å². The average molecular weight is 333 g/mol. The number of amides is 2. The zero-order chi connectivity index (χ0) is 16.4. The van der Waals surface area contributed by atoms with Gasteiger partial charge in [0.15, 0.2) is 0 Å². The minimum atomic E-state index is -0.0885. The molecule has 2 atom stereocenters. The second-order valence-corrected chi connectivity index (χ2v) is 7.22. The van der Waals surface area contributed by atoms with Crippen LogP contribution in [-0.2, 0) is 4.74 Å². The van der Waals surface area contributed by atoms with Crippen LogP contribution in [0.2, 0.25) is 0 Å². The van der Waals surface area contributed by atoms with Crippen LogP contribution < -0.4 is 5.32 Å². The number of carbonyl (C=O) groups excluding carboxylic acids is 1. The molecular formula is C17H27N5O2. The van der Waals surface area contributed by atoms with Crippen LogP contribution in [0, 0.1) is 0 Å². The third kappa shape index (κ3) is 3.27. The Bertz CT molecular complexity index is 563. The number of nitrogens with zero attached hydrogens (tertiary/aromatic N) is 4. The summed E-state index contributed by atoms with van der Waals surface area (Å²) in [6.45, 7) is 1.61. The fourth-order valence-corrected chi connectivity index (χ4v) is 4.36. The summed E-state index contributed by atoms with van der Waals surface area (Å²) in [6, 6.07) is 0.547. The third-order valence-corrected chi connectivity index (χ3v) is 5.63. The molecule has 2 amide bonds. The molecule has 1 aliphatic carbocycles. The van der Waals surface area contributed by atoms with Gasteiger partial charge in [0.25, 0.3) is 0 Å². The summed E-state index contributed by atoms with van der Waals surface area (Å²) < 4.78 is 7.72. The van der Waals surface area contributed by atoms with Gasteiger partial charge in [-0.05, 0) is 38.5 Å². The molecule has 3 aliphatic rings. The topological polar surface area (TPSA) is 72.3 Å². The monoisotopic (exact) mass is 333 g/mol. The van der Waals surface area contributed by atoms with Crippen molar-refractivity contribution in [1.29, 1.82) is 0 Å². The van der Waals surface area contributed by atoms with Crippen molar-refractivity contribution in [2.45, 2.75) is 76.0 Å². The van der Waals surface area contributed by atoms with E-state index in [-0.39, 0.29) is 18.2 Å². The van der Waals surface area contributed by atoms with E-state index in [0.29, 0.717) is 12.0 Å². The molecule has 2 saturated heterocycles. The van der Waals surface area contributed by atoms with Gasteiger partial charge in [0.2, 0.25) is 5.95 Å². The molecule has 1 aromatic rings. The minimum Gasteiger partial charge on any atom is -0.376 e. The normalized spacial score (nSPS) is 28.4. The van der Waals surface area contributed by atoms with Crippen molar-refractivity contribution in [3.63, 3.8) is 0 Å². The quantitative estimate of drug-likeness (QED) is 0.923. The number of anilines is 1. The molecule has 0 aromatic carbocycles. The van der Waals surface area contributed by atoms with Crippen molar-refractivity contribution in [2.24, 2.45) is 0 Å². The van der Waals surface area contributed by atoms with Crippen molar-refractivity contribution < 1.29 is 9.53 Å². The van der Waals surface area contributed by atoms with E-state index in [1.807, 2.05) is 9.58 Å². The second-order valence-electron chi connectivity index (χ2n) is 7.22. The molecular weight excluding hydrogens is 306 g/mol. The summed E-state index contributed by atoms with van der Waals surface area (Å²) in [5.41, 5.74) is 0. The lowest BCUT2D eigenvalue weighted by Crippen LogP contribution is -2.44. The standard InChI is InChI=1S/C17H27N5O2/c23-17(21-10-4-8-14(21)15-9-5-11-24-15)19-16-18-12-22(20-16)13-6-2-1-3-7-13/h12-15H,1-11H2,(H,19,20,23)/t14-,15-/m1/s1. The first-order valence-corrected chi connectivity index (χ1v) is 9.41. The van der Waals surface area contributed by atoms with Gasteiger partial charge in [-0.2, -0.15) is 0 Å². The number of ether oxygens (including phenoxy) is 1. The lowest BCUT2D eigenvalue weighted by atomic mass is 9.96. The van der Waals surface area contributed by atoms with Crippen LogP contribution in [-0.4, -0.2) is 51.0 Å². The molecule has 1 saturated carbocycles. The van der Waals surface area contributed by atoms with E-state index >= 15 is 0 Å². The van der Waals surface area contributed by atoms with Crippen molar-refractivity contribution in [3.05, 3.63) is 6.33 Å². The molecule has 0 spiro atoms. The Morgan fingerprint density at radius 3 is 2.79 bits per heavy atom. The highest BCUT2D eigenvalue weighted by Crippen LogP contribution is 2.29. The van der Waals surface area contributed by atoms with Crippen LogP contribution in [0.1, 0.15) is 63.8 Å². The molecule has 4 rings (SSSR count). The molecule has 1 N–H and O–H groups in total. The van der Waals surface area contributed by atoms with Crippen LogP contribution in [0.5, 0.6) is 0 Å². The summed E-state index contributed by atoms with van der Waals surface area (Å²) in [6.07, 6.45) is 12.3. The largest absolute Gasteiger partial charge is 0.376 e. The Kier molecular flexibility index (Phi) is 4.69. The summed E-state index contributed by atoms with van der Waals surface area (Å²) >= 11 is 0. The van der Waals surface area contributed by atoms with E-state index in [0.717, 1.165) is 51.7 Å². The lowest BCUT2D eigenvalue weighted by molar-refractivity contribution is 0.0542. The Labute approximate surface area is 142 Å². The summed E-state index contributed by atoms with van der Waals surface area (Å²) in [5.74, 6) is 0.420. The Morgan fingerprint density at radius 1 is 1.12 bits per heavy atom. The number of carbonyl (C=O) groups is 1. The van der Waals surface area contributed by atoms with Crippen LogP contribution in [0.25, 0.3) is 0 Å². The third-order valence-electron chi connectivity index (χ3n) is 5.63. The maximum Gasteiger partial charge on any atom is 0.324 e. The van der Waals surface area contributed by atoms with Crippen LogP contribution >= 0.6 is 0 Å². The first-order valence-electron chi connectivity index (χ1n) is 9.41. The molecule has 1 aromatic heterocycles. The number of hydrogen-bond acceptors (Lipinski definition) is 4. The molecule has 0 bridgehead atoms. The number of hydrogen-bond donors (Lipinski definition) is 1. The minimum absolute atomic E-state index is 0.0885. The first kappa shape index (κ1) is 15.9. The number of likely N-dealkylation sites (tertiary alicyclic amines) is 1. The highest BCUT2D eigenvalue weighted by atomic mass is 16.5. The van der Waals surface area contributed by atoms with Gasteiger partial charge >= 0.3 is 6.03 Å². The van der Waals surface area contributed by atoms with E-state index < -0.39 is 0 Å². The van der Waals surface area contributed by atoms with Gasteiger partial charge < -0.3 is 9.64 Å². The molecule has 2 aliphatic heterocycles. The molecule has 0 radical (unpaired) electrons. The maximum absolute atomic E-state index is 12.6. The summed E-state index contributed by atoms with van der Waals surface area (Å²) in [4.78, 5) is 18.8. The van der Waals surface area contributed by atoms with Crippen molar-refractivity contribution in [3.8, 4) is 0 Å². The molecule has 7 nitrogen and oxygen atoms in total. The van der Waals surface area contributed by atoms with E-state index in [4.69, 9.17) is 4.74 Å². The van der Waals surface area contributed by atoms with Crippen molar-refractivity contribution in [2.75, 3.05) is 18.5 Å². The van der Waals surface area contributed by atoms with E-state index in [1.54, 1.807) is 6.33 Å². The van der Waals surface area contributed by atoms with Gasteiger partial charge in [0, 0.05) is 13.2 Å². The molecule has 132 valence electrons. The maximum atomic E-state index is 12.6. The van der Waals surface area contributed by atoms with Gasteiger partial charge in [0.05, 0.1) is 18.2 Å². The van der Waals surface area contributed by atoms with Gasteiger partial charge in [-0.25, -0.2) is 14.5 Å². The molecule has 3 fully saturated rings. The molecule has 24 heavy (non-hydrogen) atoms. The second kappa shape index (κ2) is 7.09. The number of aromatic nitrogens is 3. The fourth-order valence-electron chi connectivity index (χ4n) is 4.36. The van der Waals surface area contributed by atoms with Crippen LogP contribution in [0.15, 0.2) is 6.33 Å². The number of nitrogens with one attached hydrogen (secondary N) is 1. The van der Waals surface area contributed by atoms with E-state index in [2.05, 4.69) is 15.4 Å². The summed E-state index contributed by atoms with van der Waals surface area (Å²) in [5, 5.41) is 7.37. The van der Waals surface area contributed by atoms with Crippen LogP contribution in [0.4, 0.5) is 10.7 Å². The zero-order valence-corrected chi connectivity index (χ0v) is 14.2. The fraction of sp³-hybridized carbons (Fsp3) is 0.824. The molecule has 7 heteroatoms.